The molecule has 4 N–H and O–H groups in total. The first kappa shape index (κ1) is 33.1. The highest BCUT2D eigenvalue weighted by atomic mass is 16.6. The van der Waals surface area contributed by atoms with Gasteiger partial charge in [0.25, 0.3) is 5.91 Å². The summed E-state index contributed by atoms with van der Waals surface area (Å²) < 4.78 is 4.85. The number of allylic oxidation sites excluding steroid dienone is 1. The van der Waals surface area contributed by atoms with E-state index < -0.39 is 30.9 Å². The van der Waals surface area contributed by atoms with Crippen LogP contribution >= 0.6 is 0 Å². The van der Waals surface area contributed by atoms with Crippen molar-refractivity contribution in [3.8, 4) is 6.07 Å². The van der Waals surface area contributed by atoms with Crippen LogP contribution in [-0.4, -0.2) is 99.5 Å². The Bertz CT molecular complexity index is 1300. The van der Waals surface area contributed by atoms with Gasteiger partial charge in [-0.15, -0.1) is 0 Å². The number of likely N-dealkylation sites (tertiary alicyclic amines) is 1. The van der Waals surface area contributed by atoms with Gasteiger partial charge in [-0.05, 0) is 68.3 Å². The van der Waals surface area contributed by atoms with E-state index in [2.05, 4.69) is 30.4 Å². The van der Waals surface area contributed by atoms with Crippen molar-refractivity contribution in [3.05, 3.63) is 47.5 Å². The third-order valence-electron chi connectivity index (χ3n) is 9.22. The van der Waals surface area contributed by atoms with Gasteiger partial charge in [-0.3, -0.25) is 9.59 Å². The van der Waals surface area contributed by atoms with E-state index in [-0.39, 0.29) is 29.9 Å². The molecular formula is C32H42N4O8. The molecular weight excluding hydrogens is 568 g/mol. The van der Waals surface area contributed by atoms with Gasteiger partial charge >= 0.3 is 11.9 Å². The molecule has 1 saturated carbocycles. The monoisotopic (exact) mass is 610 g/mol. The van der Waals surface area contributed by atoms with Crippen LogP contribution in [0, 0.1) is 29.1 Å². The molecule has 238 valence electrons. The van der Waals surface area contributed by atoms with Crippen LogP contribution in [0.15, 0.2) is 42.0 Å². The molecule has 1 saturated heterocycles. The third kappa shape index (κ3) is 7.83. The van der Waals surface area contributed by atoms with Crippen LogP contribution in [0.25, 0.3) is 0 Å². The number of hydrogen-bond donors (Lipinski definition) is 4. The van der Waals surface area contributed by atoms with Crippen LogP contribution in [0.4, 0.5) is 0 Å². The normalized spacial score (nSPS) is 27.7. The summed E-state index contributed by atoms with van der Waals surface area (Å²) in [4.78, 5) is 51.9. The molecule has 2 fully saturated rings. The summed E-state index contributed by atoms with van der Waals surface area (Å²) in [5, 5.41) is 40.9. The predicted octanol–water partition coefficient (Wildman–Crippen LogP) is 1.22. The van der Waals surface area contributed by atoms with Crippen LogP contribution < -0.4 is 5.32 Å². The Morgan fingerprint density at radius 2 is 1.86 bits per heavy atom. The smallest absolute Gasteiger partial charge is 0.340 e. The van der Waals surface area contributed by atoms with Crippen molar-refractivity contribution in [2.45, 2.75) is 75.7 Å². The maximum absolute atomic E-state index is 13.2. The first-order valence-electron chi connectivity index (χ1n) is 15.1. The molecule has 3 aliphatic rings. The molecule has 0 bridgehead atoms. The fourth-order valence-corrected chi connectivity index (χ4v) is 6.92. The van der Waals surface area contributed by atoms with E-state index in [0.717, 1.165) is 25.7 Å². The summed E-state index contributed by atoms with van der Waals surface area (Å²) in [6.45, 7) is 2.31. The number of hydrogen-bond acceptors (Lipinski definition) is 9. The Hall–Kier alpha value is -3.79. The lowest BCUT2D eigenvalue weighted by molar-refractivity contribution is -0.173. The standard InChI is InChI=1S/C32H42N4O8/c1-20-12-25(16-33)36(18-20)26(37)17-34-32(13-21-6-4-3-5-7-21)14-23-10-8-22(9-11-24(23)15-32)29(40)35(2)19-44-31(43)28(39)27(38)30(41)42/h3-8,20,23-25,27-28,34,38-39H,9-15,17-19H2,1-2H3,(H,41,42)/t20-,23+,24-,25-,27?,28?,32-/m0/s1. The van der Waals surface area contributed by atoms with Gasteiger partial charge in [-0.2, -0.15) is 5.26 Å². The number of fused-ring (bicyclic) bond motifs is 1. The lowest BCUT2D eigenvalue weighted by Gasteiger charge is -2.33. The summed E-state index contributed by atoms with van der Waals surface area (Å²) in [5.41, 5.74) is 1.46. The van der Waals surface area contributed by atoms with E-state index in [1.54, 1.807) is 4.90 Å². The van der Waals surface area contributed by atoms with Gasteiger partial charge in [0.2, 0.25) is 5.91 Å². The quantitative estimate of drug-likeness (QED) is 0.210. The molecule has 1 aliphatic heterocycles. The summed E-state index contributed by atoms with van der Waals surface area (Å²) >= 11 is 0. The molecule has 2 unspecified atom stereocenters. The Kier molecular flexibility index (Phi) is 10.8. The number of aliphatic hydroxyl groups is 2. The number of esters is 1. The minimum Gasteiger partial charge on any atom is -0.479 e. The molecule has 1 aromatic rings. The van der Waals surface area contributed by atoms with Gasteiger partial charge in [0.1, 0.15) is 6.04 Å². The summed E-state index contributed by atoms with van der Waals surface area (Å²) in [6.07, 6.45) is 2.43. The Morgan fingerprint density at radius 1 is 1.16 bits per heavy atom. The molecule has 4 rings (SSSR count). The molecule has 44 heavy (non-hydrogen) atoms. The molecule has 2 amide bonds. The fourth-order valence-electron chi connectivity index (χ4n) is 6.92. The lowest BCUT2D eigenvalue weighted by Crippen LogP contribution is -2.51. The number of rotatable bonds is 11. The number of aliphatic carboxylic acids is 1. The number of ether oxygens (including phenoxy) is 1. The van der Waals surface area contributed by atoms with Crippen molar-refractivity contribution in [1.82, 2.24) is 15.1 Å². The SMILES string of the molecule is C[C@H]1C[C@@H](C#N)N(C(=O)CN[C@@]2(Cc3ccccc3)C[C@H]3CC=C(C(=O)N(C)COC(=O)C(O)C(O)C(=O)O)CC[C@H]3C2)C1. The average Bonchev–Trinajstić information content (AvgIpc) is 3.50. The number of benzene rings is 1. The van der Waals surface area contributed by atoms with E-state index in [1.807, 2.05) is 24.3 Å². The highest BCUT2D eigenvalue weighted by Gasteiger charge is 2.46. The summed E-state index contributed by atoms with van der Waals surface area (Å²) in [5.74, 6) is -2.59. The third-order valence-corrected chi connectivity index (χ3v) is 9.22. The number of aliphatic hydroxyl groups excluding tert-OH is 2. The molecule has 1 aromatic carbocycles. The van der Waals surface area contributed by atoms with Crippen LogP contribution in [0.1, 0.15) is 51.0 Å². The number of carbonyl (C=O) groups excluding carboxylic acids is 3. The van der Waals surface area contributed by atoms with Gasteiger partial charge in [0.15, 0.2) is 18.9 Å². The number of carboxylic acid groups (broad SMARTS) is 1. The molecule has 1 heterocycles. The molecule has 2 aliphatic carbocycles. The average molecular weight is 611 g/mol. The number of nitrogens with one attached hydrogen (secondary N) is 1. The number of amides is 2. The zero-order valence-corrected chi connectivity index (χ0v) is 25.2. The second kappa shape index (κ2) is 14.3. The molecule has 7 atom stereocenters. The maximum Gasteiger partial charge on any atom is 0.340 e. The van der Waals surface area contributed by atoms with Crippen LogP contribution in [0.3, 0.4) is 0 Å². The van der Waals surface area contributed by atoms with E-state index >= 15 is 0 Å². The highest BCUT2D eigenvalue weighted by molar-refractivity contribution is 5.93. The zero-order chi connectivity index (χ0) is 32.0. The Labute approximate surface area is 257 Å². The second-order valence-corrected chi connectivity index (χ2v) is 12.6. The van der Waals surface area contributed by atoms with Crippen molar-refractivity contribution < 1.29 is 39.2 Å². The predicted molar refractivity (Wildman–Crippen MR) is 157 cm³/mol. The highest BCUT2D eigenvalue weighted by Crippen LogP contribution is 2.47. The number of carboxylic acids is 1. The van der Waals surface area contributed by atoms with Gasteiger partial charge in [-0.1, -0.05) is 43.3 Å². The zero-order valence-electron chi connectivity index (χ0n) is 25.2. The van der Waals surface area contributed by atoms with Crippen molar-refractivity contribution in [1.29, 1.82) is 5.26 Å². The topological polar surface area (TPSA) is 180 Å². The Morgan fingerprint density at radius 3 is 2.55 bits per heavy atom. The minimum atomic E-state index is -2.33. The van der Waals surface area contributed by atoms with Crippen LogP contribution in [0.5, 0.6) is 0 Å². The van der Waals surface area contributed by atoms with Crippen molar-refractivity contribution in [2.24, 2.45) is 17.8 Å². The summed E-state index contributed by atoms with van der Waals surface area (Å²) in [7, 11) is 1.44. The molecule has 0 radical (unpaired) electrons. The largest absolute Gasteiger partial charge is 0.479 e. The number of likely N-dealkylation sites (N-methyl/N-ethyl adjacent to an activating group) is 1. The van der Waals surface area contributed by atoms with Gasteiger partial charge < -0.3 is 35.2 Å². The van der Waals surface area contributed by atoms with E-state index in [0.29, 0.717) is 49.1 Å². The molecule has 0 spiro atoms. The first-order chi connectivity index (χ1) is 20.9. The molecule has 12 nitrogen and oxygen atoms in total. The first-order valence-corrected chi connectivity index (χ1v) is 15.1. The Balaban J connectivity index is 1.39. The number of nitriles is 1. The van der Waals surface area contributed by atoms with Gasteiger partial charge in [0.05, 0.1) is 12.6 Å². The number of carbonyl (C=O) groups is 4. The molecule has 0 aromatic heterocycles. The van der Waals surface area contributed by atoms with Gasteiger partial charge in [-0.25, -0.2) is 9.59 Å². The van der Waals surface area contributed by atoms with Crippen molar-refractivity contribution in [2.75, 3.05) is 26.9 Å². The second-order valence-electron chi connectivity index (χ2n) is 12.6. The van der Waals surface area contributed by atoms with Crippen molar-refractivity contribution >= 4 is 23.8 Å². The molecule has 12 heteroatoms. The van der Waals surface area contributed by atoms with E-state index in [9.17, 15) is 34.7 Å². The van der Waals surface area contributed by atoms with E-state index in [1.165, 1.54) is 17.5 Å². The lowest BCUT2D eigenvalue weighted by atomic mass is 9.86. The maximum atomic E-state index is 13.2. The minimum absolute atomic E-state index is 0.0538. The van der Waals surface area contributed by atoms with Crippen LogP contribution in [0.2, 0.25) is 0 Å². The number of nitrogens with zero attached hydrogens (tertiary/aromatic N) is 3. The summed E-state index contributed by atoms with van der Waals surface area (Å²) in [6, 6.07) is 12.1. The van der Waals surface area contributed by atoms with Crippen LogP contribution in [-0.2, 0) is 30.3 Å². The van der Waals surface area contributed by atoms with Gasteiger partial charge in [0, 0.05) is 24.7 Å². The van der Waals surface area contributed by atoms with E-state index in [4.69, 9.17) is 9.84 Å². The van der Waals surface area contributed by atoms with Crippen molar-refractivity contribution in [3.63, 3.8) is 0 Å². The fraction of sp³-hybridized carbons (Fsp3) is 0.594.